The third-order valence-corrected chi connectivity index (χ3v) is 4.55. The Morgan fingerprint density at radius 3 is 2.74 bits per heavy atom. The number of thiazole rings is 1. The zero-order valence-corrected chi connectivity index (χ0v) is 14.5. The van der Waals surface area contributed by atoms with Crippen molar-refractivity contribution in [1.29, 1.82) is 0 Å². The minimum Gasteiger partial charge on any atom is -0.508 e. The van der Waals surface area contributed by atoms with E-state index in [1.165, 1.54) is 0 Å². The molecule has 0 saturated heterocycles. The molecule has 0 aliphatic carbocycles. The first kappa shape index (κ1) is 17.3. The van der Waals surface area contributed by atoms with Crippen molar-refractivity contribution in [3.8, 4) is 5.75 Å². The number of nitrogens with one attached hydrogen (secondary N) is 2. The van der Waals surface area contributed by atoms with E-state index in [4.69, 9.17) is 0 Å². The van der Waals surface area contributed by atoms with Gasteiger partial charge in [-0.2, -0.15) is 0 Å². The largest absolute Gasteiger partial charge is 0.508 e. The lowest BCUT2D eigenvalue weighted by atomic mass is 9.98. The number of urea groups is 1. The van der Waals surface area contributed by atoms with Gasteiger partial charge in [-0.05, 0) is 24.1 Å². The highest BCUT2D eigenvalue weighted by molar-refractivity contribution is 7.09. The number of phenolic OH excluding ortho intramolecular Hbond substituents is 1. The van der Waals surface area contributed by atoms with Gasteiger partial charge in [0, 0.05) is 17.3 Å². The topological polar surface area (TPSA) is 74.2 Å². The van der Waals surface area contributed by atoms with Crippen molar-refractivity contribution in [3.05, 3.63) is 45.9 Å². The Balaban J connectivity index is 1.72. The minimum absolute atomic E-state index is 0.0341. The summed E-state index contributed by atoms with van der Waals surface area (Å²) in [6.07, 6.45) is 0.673. The molecule has 0 aliphatic heterocycles. The fourth-order valence-electron chi connectivity index (χ4n) is 2.00. The molecule has 0 fully saturated rings. The molecule has 23 heavy (non-hydrogen) atoms. The van der Waals surface area contributed by atoms with E-state index < -0.39 is 0 Å². The lowest BCUT2D eigenvalue weighted by Crippen LogP contribution is -2.36. The number of aromatic hydroxyl groups is 1. The number of benzene rings is 1. The van der Waals surface area contributed by atoms with Crippen molar-refractivity contribution >= 4 is 17.4 Å². The van der Waals surface area contributed by atoms with Gasteiger partial charge in [-0.15, -0.1) is 11.3 Å². The molecule has 1 aromatic heterocycles. The van der Waals surface area contributed by atoms with E-state index in [-0.39, 0.29) is 17.2 Å². The molecule has 5 nitrogen and oxygen atoms in total. The predicted molar refractivity (Wildman–Crippen MR) is 92.9 cm³/mol. The van der Waals surface area contributed by atoms with E-state index in [1.54, 1.807) is 29.5 Å². The molecule has 124 valence electrons. The number of aromatic nitrogens is 1. The van der Waals surface area contributed by atoms with Crippen molar-refractivity contribution in [1.82, 2.24) is 15.6 Å². The van der Waals surface area contributed by atoms with Crippen molar-refractivity contribution < 1.29 is 9.90 Å². The second kappa shape index (κ2) is 7.46. The van der Waals surface area contributed by atoms with Crippen LogP contribution in [0.15, 0.2) is 29.6 Å². The number of hydrogen-bond acceptors (Lipinski definition) is 4. The Kier molecular flexibility index (Phi) is 5.60. The molecule has 2 amide bonds. The zero-order chi connectivity index (χ0) is 16.9. The van der Waals surface area contributed by atoms with Crippen LogP contribution in [-0.4, -0.2) is 22.7 Å². The van der Waals surface area contributed by atoms with Gasteiger partial charge in [0.2, 0.25) is 0 Å². The number of rotatable bonds is 5. The van der Waals surface area contributed by atoms with Crippen LogP contribution in [0.4, 0.5) is 4.79 Å². The Bertz CT molecular complexity index is 662. The molecule has 1 aromatic carbocycles. The number of nitrogens with zero attached hydrogens (tertiary/aromatic N) is 1. The summed E-state index contributed by atoms with van der Waals surface area (Å²) in [5, 5.41) is 18.0. The van der Waals surface area contributed by atoms with Crippen molar-refractivity contribution in [3.63, 3.8) is 0 Å². The maximum absolute atomic E-state index is 11.8. The molecular weight excluding hydrogens is 310 g/mol. The molecular formula is C17H23N3O2S. The normalized spacial score (nSPS) is 11.3. The highest BCUT2D eigenvalue weighted by Crippen LogP contribution is 2.25. The van der Waals surface area contributed by atoms with Crippen molar-refractivity contribution in [2.75, 3.05) is 6.54 Å². The fourth-order valence-corrected chi connectivity index (χ4v) is 2.91. The van der Waals surface area contributed by atoms with Gasteiger partial charge >= 0.3 is 6.03 Å². The SMILES string of the molecule is CC(C)(C)c1nc(CNC(=O)NCCc2cccc(O)c2)cs1. The summed E-state index contributed by atoms with van der Waals surface area (Å²) in [5.41, 5.74) is 1.90. The summed E-state index contributed by atoms with van der Waals surface area (Å²) >= 11 is 1.62. The van der Waals surface area contributed by atoms with Gasteiger partial charge in [0.15, 0.2) is 0 Å². The summed E-state index contributed by atoms with van der Waals surface area (Å²) in [7, 11) is 0. The third kappa shape index (κ3) is 5.56. The van der Waals surface area contributed by atoms with Gasteiger partial charge in [0.05, 0.1) is 17.2 Å². The molecule has 0 unspecified atom stereocenters. The highest BCUT2D eigenvalue weighted by atomic mass is 32.1. The number of hydrogen-bond donors (Lipinski definition) is 3. The monoisotopic (exact) mass is 333 g/mol. The predicted octanol–water partition coefficient (Wildman–Crippen LogP) is 3.19. The summed E-state index contributed by atoms with van der Waals surface area (Å²) in [6, 6.07) is 6.82. The lowest BCUT2D eigenvalue weighted by Gasteiger charge is -2.13. The average Bonchev–Trinajstić information content (AvgIpc) is 2.94. The molecule has 2 aromatic rings. The van der Waals surface area contributed by atoms with Crippen LogP contribution in [0.5, 0.6) is 5.75 Å². The van der Waals surface area contributed by atoms with Gasteiger partial charge in [0.25, 0.3) is 0 Å². The molecule has 0 aliphatic rings. The van der Waals surface area contributed by atoms with E-state index in [9.17, 15) is 9.90 Å². The number of amides is 2. The Morgan fingerprint density at radius 1 is 1.30 bits per heavy atom. The van der Waals surface area contributed by atoms with Crippen LogP contribution >= 0.6 is 11.3 Å². The van der Waals surface area contributed by atoms with Crippen LogP contribution < -0.4 is 10.6 Å². The second-order valence-corrected chi connectivity index (χ2v) is 7.28. The van der Waals surface area contributed by atoms with Gasteiger partial charge < -0.3 is 15.7 Å². The molecule has 2 rings (SSSR count). The standard InChI is InChI=1S/C17H23N3O2S/c1-17(2,3)15-20-13(11-23-15)10-19-16(22)18-8-7-12-5-4-6-14(21)9-12/h4-6,9,11,21H,7-8,10H2,1-3H3,(H2,18,19,22). The second-order valence-electron chi connectivity index (χ2n) is 6.42. The first-order chi connectivity index (χ1) is 10.8. The minimum atomic E-state index is -0.213. The van der Waals surface area contributed by atoms with Crippen molar-refractivity contribution in [2.45, 2.75) is 39.2 Å². The van der Waals surface area contributed by atoms with Gasteiger partial charge in [-0.25, -0.2) is 9.78 Å². The Morgan fingerprint density at radius 2 is 2.09 bits per heavy atom. The highest BCUT2D eigenvalue weighted by Gasteiger charge is 2.17. The molecule has 0 saturated carbocycles. The average molecular weight is 333 g/mol. The smallest absolute Gasteiger partial charge is 0.315 e. The summed E-state index contributed by atoms with van der Waals surface area (Å²) < 4.78 is 0. The van der Waals surface area contributed by atoms with E-state index >= 15 is 0 Å². The van der Waals surface area contributed by atoms with Gasteiger partial charge in [0.1, 0.15) is 5.75 Å². The zero-order valence-electron chi connectivity index (χ0n) is 13.7. The van der Waals surface area contributed by atoms with E-state index in [0.29, 0.717) is 19.5 Å². The van der Waals surface area contributed by atoms with Crippen molar-refractivity contribution in [2.24, 2.45) is 0 Å². The van der Waals surface area contributed by atoms with Crippen LogP contribution in [0, 0.1) is 0 Å². The van der Waals surface area contributed by atoms with Crippen LogP contribution in [0.25, 0.3) is 0 Å². The first-order valence-electron chi connectivity index (χ1n) is 7.59. The van der Waals surface area contributed by atoms with E-state index in [0.717, 1.165) is 16.3 Å². The van der Waals surface area contributed by atoms with Gasteiger partial charge in [-0.1, -0.05) is 32.9 Å². The molecule has 6 heteroatoms. The fraction of sp³-hybridized carbons (Fsp3) is 0.412. The lowest BCUT2D eigenvalue weighted by molar-refractivity contribution is 0.240. The van der Waals surface area contributed by atoms with E-state index in [1.807, 2.05) is 11.4 Å². The number of carbonyl (C=O) groups is 1. The molecule has 1 heterocycles. The first-order valence-corrected chi connectivity index (χ1v) is 8.47. The van der Waals surface area contributed by atoms with Gasteiger partial charge in [-0.3, -0.25) is 0 Å². The molecule has 0 bridgehead atoms. The van der Waals surface area contributed by atoms with Crippen LogP contribution in [0.2, 0.25) is 0 Å². The maximum atomic E-state index is 11.8. The van der Waals surface area contributed by atoms with E-state index in [2.05, 4.69) is 36.4 Å². The molecule has 0 atom stereocenters. The Labute approximate surface area is 140 Å². The molecule has 3 N–H and O–H groups in total. The number of phenols is 1. The summed E-state index contributed by atoms with van der Waals surface area (Å²) in [6.45, 7) is 7.30. The third-order valence-electron chi connectivity index (χ3n) is 3.23. The van der Waals surface area contributed by atoms with Crippen LogP contribution in [0.3, 0.4) is 0 Å². The Hall–Kier alpha value is -2.08. The quantitative estimate of drug-likeness (QED) is 0.787. The van der Waals surface area contributed by atoms with Crippen LogP contribution in [-0.2, 0) is 18.4 Å². The van der Waals surface area contributed by atoms with Crippen LogP contribution in [0.1, 0.15) is 37.0 Å². The maximum Gasteiger partial charge on any atom is 0.315 e. The molecule has 0 spiro atoms. The molecule has 0 radical (unpaired) electrons. The number of carbonyl (C=O) groups excluding carboxylic acids is 1. The summed E-state index contributed by atoms with van der Waals surface area (Å²) in [4.78, 5) is 16.3. The summed E-state index contributed by atoms with van der Waals surface area (Å²) in [5.74, 6) is 0.241.